The summed E-state index contributed by atoms with van der Waals surface area (Å²) in [5.74, 6) is -2.36. The van der Waals surface area contributed by atoms with E-state index >= 15 is 0 Å². The number of carbonyl (C=O) groups is 1. The fourth-order valence-electron chi connectivity index (χ4n) is 2.01. The van der Waals surface area contributed by atoms with E-state index in [1.165, 1.54) is 24.3 Å². The van der Waals surface area contributed by atoms with Crippen molar-refractivity contribution >= 4 is 21.6 Å². The molecule has 1 amide bonds. The van der Waals surface area contributed by atoms with Crippen molar-refractivity contribution in [1.29, 1.82) is 0 Å². The van der Waals surface area contributed by atoms with Crippen LogP contribution >= 0.6 is 0 Å². The van der Waals surface area contributed by atoms with Gasteiger partial charge in [-0.1, -0.05) is 0 Å². The van der Waals surface area contributed by atoms with Crippen LogP contribution in [0.4, 0.5) is 14.5 Å². The molecular weight excluding hydrogens is 350 g/mol. The Bertz CT molecular complexity index is 889. The second kappa shape index (κ2) is 6.79. The molecule has 0 aliphatic carbocycles. The molecule has 25 heavy (non-hydrogen) atoms. The lowest BCUT2D eigenvalue weighted by atomic mass is 10.1. The van der Waals surface area contributed by atoms with Crippen molar-refractivity contribution in [1.82, 2.24) is 5.32 Å². The van der Waals surface area contributed by atoms with E-state index < -0.39 is 32.1 Å². The molecule has 2 N–H and O–H groups in total. The molecule has 0 spiro atoms. The number of benzene rings is 2. The Labute approximate surface area is 145 Å². The SMILES string of the molecule is CC(C)(C)NC(=O)c1ccc(NS(=O)(=O)c2ccc(F)cc2F)cc1. The molecule has 2 rings (SSSR count). The standard InChI is InChI=1S/C17H18F2N2O3S/c1-17(2,3)20-16(22)11-4-7-13(8-5-11)21-25(23,24)15-9-6-12(18)10-14(15)19/h4-10,21H,1-3H3,(H,20,22). The average molecular weight is 368 g/mol. The number of hydrogen-bond acceptors (Lipinski definition) is 3. The Morgan fingerprint density at radius 3 is 2.12 bits per heavy atom. The van der Waals surface area contributed by atoms with Crippen LogP contribution in [0.1, 0.15) is 31.1 Å². The van der Waals surface area contributed by atoms with Crippen LogP contribution in [0.2, 0.25) is 0 Å². The van der Waals surface area contributed by atoms with Gasteiger partial charge >= 0.3 is 0 Å². The molecule has 8 heteroatoms. The summed E-state index contributed by atoms with van der Waals surface area (Å²) in [6.45, 7) is 5.51. The van der Waals surface area contributed by atoms with Crippen molar-refractivity contribution in [2.75, 3.05) is 4.72 Å². The third-order valence-corrected chi connectivity index (χ3v) is 4.49. The van der Waals surface area contributed by atoms with E-state index in [-0.39, 0.29) is 11.6 Å². The molecule has 0 fully saturated rings. The van der Waals surface area contributed by atoms with Crippen molar-refractivity contribution in [2.45, 2.75) is 31.2 Å². The molecular formula is C17H18F2N2O3S. The van der Waals surface area contributed by atoms with Gasteiger partial charge in [-0.15, -0.1) is 0 Å². The van der Waals surface area contributed by atoms with Crippen molar-refractivity contribution in [3.63, 3.8) is 0 Å². The number of hydrogen-bond donors (Lipinski definition) is 2. The summed E-state index contributed by atoms with van der Waals surface area (Å²) >= 11 is 0. The summed E-state index contributed by atoms with van der Waals surface area (Å²) in [6.07, 6.45) is 0. The van der Waals surface area contributed by atoms with Crippen molar-refractivity contribution in [3.05, 3.63) is 59.7 Å². The topological polar surface area (TPSA) is 75.3 Å². The van der Waals surface area contributed by atoms with E-state index in [2.05, 4.69) is 10.0 Å². The molecule has 5 nitrogen and oxygen atoms in total. The first kappa shape index (κ1) is 18.9. The smallest absolute Gasteiger partial charge is 0.264 e. The number of amides is 1. The molecule has 2 aromatic carbocycles. The van der Waals surface area contributed by atoms with E-state index in [0.29, 0.717) is 11.6 Å². The number of nitrogens with one attached hydrogen (secondary N) is 2. The van der Waals surface area contributed by atoms with Crippen molar-refractivity contribution in [2.24, 2.45) is 0 Å². The maximum absolute atomic E-state index is 13.7. The van der Waals surface area contributed by atoms with Crippen LogP contribution in [-0.2, 0) is 10.0 Å². The Hall–Kier alpha value is -2.48. The van der Waals surface area contributed by atoms with Crippen molar-refractivity contribution in [3.8, 4) is 0 Å². The van der Waals surface area contributed by atoms with Gasteiger partial charge in [-0.3, -0.25) is 9.52 Å². The van der Waals surface area contributed by atoms with Gasteiger partial charge in [-0.05, 0) is 57.2 Å². The maximum Gasteiger partial charge on any atom is 0.264 e. The zero-order chi connectivity index (χ0) is 18.8. The summed E-state index contributed by atoms with van der Waals surface area (Å²) in [5, 5.41) is 2.78. The number of carbonyl (C=O) groups excluding carboxylic acids is 1. The van der Waals surface area contributed by atoms with Crippen LogP contribution in [0.25, 0.3) is 0 Å². The minimum absolute atomic E-state index is 0.149. The van der Waals surface area contributed by atoms with Gasteiger partial charge in [0.25, 0.3) is 15.9 Å². The predicted molar refractivity (Wildman–Crippen MR) is 90.8 cm³/mol. The lowest BCUT2D eigenvalue weighted by Crippen LogP contribution is -2.40. The van der Waals surface area contributed by atoms with E-state index in [9.17, 15) is 22.0 Å². The maximum atomic E-state index is 13.7. The first-order chi connectivity index (χ1) is 11.5. The molecule has 0 atom stereocenters. The molecule has 0 radical (unpaired) electrons. The normalized spacial score (nSPS) is 11.9. The third kappa shape index (κ3) is 4.99. The number of rotatable bonds is 4. The highest BCUT2D eigenvalue weighted by Gasteiger charge is 2.20. The Balaban J connectivity index is 2.19. The zero-order valence-corrected chi connectivity index (χ0v) is 14.7. The molecule has 0 aromatic heterocycles. The van der Waals surface area contributed by atoms with Gasteiger partial charge in [-0.25, -0.2) is 17.2 Å². The summed E-state index contributed by atoms with van der Waals surface area (Å²) < 4.78 is 53.1. The van der Waals surface area contributed by atoms with Crippen LogP contribution in [0, 0.1) is 11.6 Å². The quantitative estimate of drug-likeness (QED) is 0.870. The molecule has 0 aliphatic rings. The monoisotopic (exact) mass is 368 g/mol. The average Bonchev–Trinajstić information content (AvgIpc) is 2.45. The fourth-order valence-corrected chi connectivity index (χ4v) is 3.12. The van der Waals surface area contributed by atoms with E-state index in [4.69, 9.17) is 0 Å². The highest BCUT2D eigenvalue weighted by Crippen LogP contribution is 2.20. The molecule has 0 unspecified atom stereocenters. The largest absolute Gasteiger partial charge is 0.347 e. The second-order valence-electron chi connectivity index (χ2n) is 6.46. The van der Waals surface area contributed by atoms with Gasteiger partial charge in [0.05, 0.1) is 0 Å². The predicted octanol–water partition coefficient (Wildman–Crippen LogP) is 3.29. The first-order valence-corrected chi connectivity index (χ1v) is 8.87. The zero-order valence-electron chi connectivity index (χ0n) is 13.9. The number of sulfonamides is 1. The second-order valence-corrected chi connectivity index (χ2v) is 8.11. The number of halogens is 2. The highest BCUT2D eigenvalue weighted by molar-refractivity contribution is 7.92. The lowest BCUT2D eigenvalue weighted by molar-refractivity contribution is 0.0919. The molecule has 0 aliphatic heterocycles. The molecule has 0 bridgehead atoms. The summed E-state index contributed by atoms with van der Waals surface area (Å²) in [5.41, 5.74) is 0.0964. The molecule has 134 valence electrons. The summed E-state index contributed by atoms with van der Waals surface area (Å²) in [7, 11) is -4.21. The van der Waals surface area contributed by atoms with E-state index in [1.807, 2.05) is 20.8 Å². The van der Waals surface area contributed by atoms with Gasteiger partial charge in [0.15, 0.2) is 0 Å². The Kier molecular flexibility index (Phi) is 5.12. The Morgan fingerprint density at radius 2 is 1.60 bits per heavy atom. The first-order valence-electron chi connectivity index (χ1n) is 7.38. The molecule has 2 aromatic rings. The fraction of sp³-hybridized carbons (Fsp3) is 0.235. The van der Waals surface area contributed by atoms with Crippen LogP contribution in [0.5, 0.6) is 0 Å². The van der Waals surface area contributed by atoms with Crippen LogP contribution in [-0.4, -0.2) is 19.9 Å². The molecule has 0 saturated carbocycles. The highest BCUT2D eigenvalue weighted by atomic mass is 32.2. The van der Waals surface area contributed by atoms with Crippen LogP contribution < -0.4 is 10.0 Å². The summed E-state index contributed by atoms with van der Waals surface area (Å²) in [6, 6.07) is 7.86. The summed E-state index contributed by atoms with van der Waals surface area (Å²) in [4.78, 5) is 11.4. The molecule has 0 heterocycles. The van der Waals surface area contributed by atoms with Gasteiger partial charge in [0.2, 0.25) is 0 Å². The molecule has 0 saturated heterocycles. The van der Waals surface area contributed by atoms with Gasteiger partial charge in [0.1, 0.15) is 16.5 Å². The minimum Gasteiger partial charge on any atom is -0.347 e. The minimum atomic E-state index is -4.21. The van der Waals surface area contributed by atoms with Gasteiger partial charge in [0, 0.05) is 22.9 Å². The van der Waals surface area contributed by atoms with E-state index in [1.54, 1.807) is 0 Å². The lowest BCUT2D eigenvalue weighted by Gasteiger charge is -2.20. The number of anilines is 1. The van der Waals surface area contributed by atoms with Crippen LogP contribution in [0.15, 0.2) is 47.4 Å². The van der Waals surface area contributed by atoms with E-state index in [0.717, 1.165) is 12.1 Å². The van der Waals surface area contributed by atoms with Gasteiger partial charge < -0.3 is 5.32 Å². The van der Waals surface area contributed by atoms with Crippen molar-refractivity contribution < 1.29 is 22.0 Å². The van der Waals surface area contributed by atoms with Gasteiger partial charge in [-0.2, -0.15) is 0 Å². The Morgan fingerprint density at radius 1 is 1.00 bits per heavy atom. The third-order valence-electron chi connectivity index (χ3n) is 3.07. The van der Waals surface area contributed by atoms with Crippen LogP contribution in [0.3, 0.4) is 0 Å².